The van der Waals surface area contributed by atoms with E-state index < -0.39 is 0 Å². The van der Waals surface area contributed by atoms with E-state index in [1.807, 2.05) is 43.3 Å². The number of nitrogens with zero attached hydrogens (tertiary/aromatic N) is 1. The van der Waals surface area contributed by atoms with Gasteiger partial charge in [0.15, 0.2) is 0 Å². The number of methoxy groups -OCH3 is 1. The molecule has 1 aliphatic rings. The summed E-state index contributed by atoms with van der Waals surface area (Å²) in [5.74, 6) is 0.609. The molecule has 0 fully saturated rings. The number of thiophene rings is 1. The summed E-state index contributed by atoms with van der Waals surface area (Å²) in [5.41, 5.74) is 13.6. The third-order valence-corrected chi connectivity index (χ3v) is 7.15. The number of pyridine rings is 1. The van der Waals surface area contributed by atoms with Gasteiger partial charge in [-0.15, -0.1) is 11.3 Å². The zero-order valence-electron chi connectivity index (χ0n) is 18.2. The van der Waals surface area contributed by atoms with Gasteiger partial charge in [-0.25, -0.2) is 4.98 Å². The number of amides is 1. The number of hydrogen-bond acceptors (Lipinski definition) is 5. The molecule has 0 saturated heterocycles. The average molecular weight is 444 g/mol. The fourth-order valence-corrected chi connectivity index (χ4v) is 5.40. The molecule has 2 aromatic heterocycles. The molecule has 3 N–H and O–H groups in total. The first-order valence-corrected chi connectivity index (χ1v) is 11.6. The fourth-order valence-electron chi connectivity index (χ4n) is 4.38. The maximum absolute atomic E-state index is 13.1. The van der Waals surface area contributed by atoms with Crippen molar-refractivity contribution in [2.45, 2.75) is 32.6 Å². The van der Waals surface area contributed by atoms with Crippen LogP contribution in [0.5, 0.6) is 5.75 Å². The Morgan fingerprint density at radius 2 is 1.78 bits per heavy atom. The molecular formula is C26H25N3O2S. The van der Waals surface area contributed by atoms with Crippen LogP contribution in [0, 0.1) is 6.92 Å². The Bertz CT molecular complexity index is 1310. The van der Waals surface area contributed by atoms with E-state index in [0.717, 1.165) is 69.7 Å². The highest BCUT2D eigenvalue weighted by Gasteiger charge is 2.25. The predicted molar refractivity (Wildman–Crippen MR) is 132 cm³/mol. The lowest BCUT2D eigenvalue weighted by molar-refractivity contribution is 0.103. The van der Waals surface area contributed by atoms with Crippen LogP contribution in [0.15, 0.2) is 48.5 Å². The number of anilines is 2. The predicted octanol–water partition coefficient (Wildman–Crippen LogP) is 5.99. The third kappa shape index (κ3) is 3.60. The normalized spacial score (nSPS) is 13.1. The average Bonchev–Trinajstić information content (AvgIpc) is 3.15. The summed E-state index contributed by atoms with van der Waals surface area (Å²) < 4.78 is 5.34. The van der Waals surface area contributed by atoms with Gasteiger partial charge in [-0.2, -0.15) is 0 Å². The molecule has 2 heterocycles. The Balaban J connectivity index is 1.65. The van der Waals surface area contributed by atoms with Crippen molar-refractivity contribution in [2.75, 3.05) is 18.2 Å². The van der Waals surface area contributed by atoms with Gasteiger partial charge in [0.1, 0.15) is 15.5 Å². The number of nitrogen functional groups attached to an aromatic ring is 1. The maximum atomic E-state index is 13.1. The molecule has 0 radical (unpaired) electrons. The Kier molecular flexibility index (Phi) is 5.31. The van der Waals surface area contributed by atoms with Crippen LogP contribution in [0.4, 0.5) is 11.4 Å². The van der Waals surface area contributed by atoms with Crippen molar-refractivity contribution in [1.29, 1.82) is 0 Å². The van der Waals surface area contributed by atoms with Crippen LogP contribution in [0.2, 0.25) is 0 Å². The minimum absolute atomic E-state index is 0.201. The van der Waals surface area contributed by atoms with Gasteiger partial charge >= 0.3 is 0 Å². The summed E-state index contributed by atoms with van der Waals surface area (Å²) >= 11 is 1.37. The Morgan fingerprint density at radius 3 is 2.50 bits per heavy atom. The van der Waals surface area contributed by atoms with Crippen LogP contribution in [0.25, 0.3) is 21.3 Å². The van der Waals surface area contributed by atoms with Crippen LogP contribution >= 0.6 is 11.3 Å². The highest BCUT2D eigenvalue weighted by atomic mass is 32.1. The summed E-state index contributed by atoms with van der Waals surface area (Å²) in [6.45, 7) is 2.02. The Labute approximate surface area is 191 Å². The lowest BCUT2D eigenvalue weighted by atomic mass is 9.87. The molecule has 0 unspecified atom stereocenters. The first-order valence-electron chi connectivity index (χ1n) is 10.8. The SMILES string of the molecule is COc1ccc(-c2c3c(nc4sc(C(=O)Nc5ccc(C)cc5)c(N)c24)CCCC3)cc1. The number of benzene rings is 2. The van der Waals surface area contributed by atoms with Crippen LogP contribution in [-0.4, -0.2) is 18.0 Å². The first kappa shape index (κ1) is 20.5. The first-order chi connectivity index (χ1) is 15.5. The van der Waals surface area contributed by atoms with Crippen LogP contribution in [0.1, 0.15) is 39.3 Å². The number of carbonyl (C=O) groups excluding carboxylic acids is 1. The van der Waals surface area contributed by atoms with Crippen LogP contribution < -0.4 is 15.8 Å². The minimum Gasteiger partial charge on any atom is -0.497 e. The molecule has 6 heteroatoms. The van der Waals surface area contributed by atoms with Crippen molar-refractivity contribution < 1.29 is 9.53 Å². The van der Waals surface area contributed by atoms with E-state index in [2.05, 4.69) is 17.4 Å². The van der Waals surface area contributed by atoms with Gasteiger partial charge in [-0.3, -0.25) is 4.79 Å². The number of carbonyl (C=O) groups is 1. The molecule has 0 aliphatic heterocycles. The van der Waals surface area contributed by atoms with E-state index in [1.165, 1.54) is 16.9 Å². The maximum Gasteiger partial charge on any atom is 0.267 e. The standard InChI is InChI=1S/C26H25N3O2S/c1-15-7-11-17(12-8-15)28-25(30)24-23(27)22-21(16-9-13-18(31-2)14-10-16)19-5-3-4-6-20(19)29-26(22)32-24/h7-14H,3-6,27H2,1-2H3,(H,28,30). The second-order valence-corrected chi connectivity index (χ2v) is 9.19. The lowest BCUT2D eigenvalue weighted by Gasteiger charge is -2.20. The molecule has 0 atom stereocenters. The molecule has 5 nitrogen and oxygen atoms in total. The van der Waals surface area contributed by atoms with E-state index in [9.17, 15) is 4.79 Å². The number of nitrogens with one attached hydrogen (secondary N) is 1. The number of nitrogens with two attached hydrogens (primary N) is 1. The van der Waals surface area contributed by atoms with Crippen molar-refractivity contribution in [1.82, 2.24) is 4.98 Å². The number of fused-ring (bicyclic) bond motifs is 2. The number of aryl methyl sites for hydroxylation is 2. The highest BCUT2D eigenvalue weighted by molar-refractivity contribution is 7.21. The molecule has 0 bridgehead atoms. The zero-order valence-corrected chi connectivity index (χ0v) is 19.0. The molecule has 1 amide bonds. The Hall–Kier alpha value is -3.38. The molecule has 32 heavy (non-hydrogen) atoms. The van der Waals surface area contributed by atoms with Gasteiger partial charge in [0.05, 0.1) is 12.8 Å². The van der Waals surface area contributed by atoms with E-state index in [0.29, 0.717) is 10.6 Å². The van der Waals surface area contributed by atoms with Crippen molar-refractivity contribution >= 4 is 38.8 Å². The second kappa shape index (κ2) is 8.28. The van der Waals surface area contributed by atoms with Gasteiger partial charge in [0.25, 0.3) is 5.91 Å². The molecule has 1 aliphatic carbocycles. The third-order valence-electron chi connectivity index (χ3n) is 6.05. The molecular weight excluding hydrogens is 418 g/mol. The number of aromatic nitrogens is 1. The van der Waals surface area contributed by atoms with Gasteiger partial charge in [-0.1, -0.05) is 29.8 Å². The van der Waals surface area contributed by atoms with Crippen molar-refractivity contribution in [3.05, 3.63) is 70.2 Å². The topological polar surface area (TPSA) is 77.2 Å². The summed E-state index contributed by atoms with van der Waals surface area (Å²) in [5, 5.41) is 3.86. The molecule has 162 valence electrons. The minimum atomic E-state index is -0.201. The second-order valence-electron chi connectivity index (χ2n) is 8.19. The summed E-state index contributed by atoms with van der Waals surface area (Å²) in [6, 6.07) is 15.8. The molecule has 0 spiro atoms. The van der Waals surface area contributed by atoms with Crippen molar-refractivity contribution in [3.63, 3.8) is 0 Å². The lowest BCUT2D eigenvalue weighted by Crippen LogP contribution is -2.12. The van der Waals surface area contributed by atoms with Crippen LogP contribution in [0.3, 0.4) is 0 Å². The molecule has 4 aromatic rings. The van der Waals surface area contributed by atoms with E-state index in [4.69, 9.17) is 15.5 Å². The monoisotopic (exact) mass is 443 g/mol. The zero-order chi connectivity index (χ0) is 22.2. The largest absolute Gasteiger partial charge is 0.497 e. The molecule has 2 aromatic carbocycles. The van der Waals surface area contributed by atoms with E-state index >= 15 is 0 Å². The number of ether oxygens (including phenoxy) is 1. The van der Waals surface area contributed by atoms with Crippen molar-refractivity contribution in [2.24, 2.45) is 0 Å². The Morgan fingerprint density at radius 1 is 1.06 bits per heavy atom. The highest BCUT2D eigenvalue weighted by Crippen LogP contribution is 2.44. The fraction of sp³-hybridized carbons (Fsp3) is 0.231. The van der Waals surface area contributed by atoms with Crippen LogP contribution in [-0.2, 0) is 12.8 Å². The quantitative estimate of drug-likeness (QED) is 0.406. The summed E-state index contributed by atoms with van der Waals surface area (Å²) in [6.07, 6.45) is 4.19. The van der Waals surface area contributed by atoms with Gasteiger partial charge in [0.2, 0.25) is 0 Å². The molecule has 5 rings (SSSR count). The van der Waals surface area contributed by atoms with Gasteiger partial charge in [0, 0.05) is 16.8 Å². The smallest absolute Gasteiger partial charge is 0.267 e. The van der Waals surface area contributed by atoms with Gasteiger partial charge in [-0.05, 0) is 73.6 Å². The van der Waals surface area contributed by atoms with E-state index in [1.54, 1.807) is 7.11 Å². The summed E-state index contributed by atoms with van der Waals surface area (Å²) in [7, 11) is 1.66. The number of rotatable bonds is 4. The van der Waals surface area contributed by atoms with Crippen molar-refractivity contribution in [3.8, 4) is 16.9 Å². The van der Waals surface area contributed by atoms with E-state index in [-0.39, 0.29) is 5.91 Å². The summed E-state index contributed by atoms with van der Waals surface area (Å²) in [4.78, 5) is 19.4. The number of hydrogen-bond donors (Lipinski definition) is 2. The molecule has 0 saturated carbocycles. The van der Waals surface area contributed by atoms with Gasteiger partial charge < -0.3 is 15.8 Å².